The van der Waals surface area contributed by atoms with Gasteiger partial charge in [0.2, 0.25) is 5.91 Å². The molecule has 186 valence electrons. The molecule has 2 amide bonds. The Hall–Kier alpha value is -2.62. The Bertz CT molecular complexity index is 976. The smallest absolute Gasteiger partial charge is 0.352 e. The summed E-state index contributed by atoms with van der Waals surface area (Å²) in [7, 11) is 0. The fraction of sp³-hybridized carbons (Fsp3) is 0.625. The average molecular weight is 480 g/mol. The third-order valence-corrected chi connectivity index (χ3v) is 7.08. The van der Waals surface area contributed by atoms with Crippen LogP contribution in [0.2, 0.25) is 0 Å². The third kappa shape index (κ3) is 6.08. The lowest BCUT2D eigenvalue weighted by molar-refractivity contribution is -0.180. The predicted octanol–water partition coefficient (Wildman–Crippen LogP) is 3.40. The molecule has 2 N–H and O–H groups in total. The number of nitrogens with zero attached hydrogens (tertiary/aromatic N) is 3. The fourth-order valence-electron chi connectivity index (χ4n) is 4.93. The number of carbonyl (C=O) groups excluding carboxylic acids is 2. The first kappa shape index (κ1) is 24.5. The predicted molar refractivity (Wildman–Crippen MR) is 121 cm³/mol. The van der Waals surface area contributed by atoms with E-state index in [1.807, 2.05) is 10.5 Å². The van der Waals surface area contributed by atoms with Crippen LogP contribution < -0.4 is 10.6 Å². The van der Waals surface area contributed by atoms with Crippen molar-refractivity contribution in [2.45, 2.75) is 57.2 Å². The molecule has 34 heavy (non-hydrogen) atoms. The number of fused-ring (bicyclic) bond motifs is 1. The summed E-state index contributed by atoms with van der Waals surface area (Å²) >= 11 is 0. The zero-order chi connectivity index (χ0) is 24.1. The van der Waals surface area contributed by atoms with E-state index in [1.165, 1.54) is 0 Å². The van der Waals surface area contributed by atoms with Gasteiger partial charge in [0, 0.05) is 44.8 Å². The van der Waals surface area contributed by atoms with Crippen molar-refractivity contribution in [3.05, 3.63) is 36.3 Å². The van der Waals surface area contributed by atoms with E-state index in [2.05, 4.69) is 15.6 Å². The molecule has 2 fully saturated rings. The number of likely N-dealkylation sites (tertiary alicyclic amines) is 1. The topological polar surface area (TPSA) is 78.7 Å². The number of nitrogens with one attached hydrogen (secondary N) is 2. The van der Waals surface area contributed by atoms with E-state index in [0.717, 1.165) is 37.8 Å². The molecular formula is C24H32F3N5O2. The number of rotatable bonds is 7. The van der Waals surface area contributed by atoms with Crippen molar-refractivity contribution in [1.82, 2.24) is 24.9 Å². The number of halogens is 3. The Kier molecular flexibility index (Phi) is 7.75. The molecule has 4 heterocycles. The molecule has 2 aromatic heterocycles. The van der Waals surface area contributed by atoms with Crippen molar-refractivity contribution >= 4 is 17.5 Å². The Morgan fingerprint density at radius 3 is 2.62 bits per heavy atom. The minimum Gasteiger partial charge on any atom is -0.352 e. The van der Waals surface area contributed by atoms with Gasteiger partial charge in [-0.15, -0.1) is 0 Å². The number of pyridine rings is 1. The summed E-state index contributed by atoms with van der Waals surface area (Å²) in [5.74, 6) is -0.972. The lowest BCUT2D eigenvalue weighted by Crippen LogP contribution is -2.53. The monoisotopic (exact) mass is 479 g/mol. The Morgan fingerprint density at radius 2 is 1.91 bits per heavy atom. The van der Waals surface area contributed by atoms with Crippen LogP contribution in [0.1, 0.15) is 55.3 Å². The molecule has 2 aliphatic rings. The minimum absolute atomic E-state index is 0.0120. The normalized spacial score (nSPS) is 22.1. The van der Waals surface area contributed by atoms with E-state index in [-0.39, 0.29) is 31.2 Å². The number of hydrogen-bond acceptors (Lipinski definition) is 4. The highest BCUT2D eigenvalue weighted by Gasteiger charge is 2.43. The summed E-state index contributed by atoms with van der Waals surface area (Å²) in [5, 5.41) is 5.77. The highest BCUT2D eigenvalue weighted by Crippen LogP contribution is 2.32. The zero-order valence-electron chi connectivity index (χ0n) is 19.2. The molecule has 4 rings (SSSR count). The molecule has 7 nitrogen and oxygen atoms in total. The van der Waals surface area contributed by atoms with Crippen LogP contribution in [0, 0.1) is 11.8 Å². The quantitative estimate of drug-likeness (QED) is 0.597. The number of aromatic nitrogens is 2. The second kappa shape index (κ2) is 10.8. The van der Waals surface area contributed by atoms with Gasteiger partial charge in [-0.25, -0.2) is 4.98 Å². The molecule has 2 atom stereocenters. The molecule has 0 aromatic carbocycles. The first-order valence-corrected chi connectivity index (χ1v) is 12.1. The lowest BCUT2D eigenvalue weighted by Gasteiger charge is -2.37. The van der Waals surface area contributed by atoms with Crippen molar-refractivity contribution in [1.29, 1.82) is 0 Å². The van der Waals surface area contributed by atoms with Gasteiger partial charge in [-0.2, -0.15) is 13.2 Å². The summed E-state index contributed by atoms with van der Waals surface area (Å²) in [5.41, 5.74) is 1.40. The molecule has 0 aliphatic carbocycles. The van der Waals surface area contributed by atoms with Crippen LogP contribution in [-0.4, -0.2) is 64.5 Å². The zero-order valence-corrected chi connectivity index (χ0v) is 19.2. The molecule has 2 aromatic rings. The van der Waals surface area contributed by atoms with Gasteiger partial charge in [0.15, 0.2) is 0 Å². The Labute approximate surface area is 197 Å². The molecule has 2 saturated heterocycles. The van der Waals surface area contributed by atoms with Crippen molar-refractivity contribution in [2.24, 2.45) is 11.8 Å². The Morgan fingerprint density at radius 1 is 1.12 bits per heavy atom. The summed E-state index contributed by atoms with van der Waals surface area (Å²) in [6.45, 7) is 1.77. The highest BCUT2D eigenvalue weighted by molar-refractivity contribution is 5.94. The maximum atomic E-state index is 12.8. The number of amides is 2. The van der Waals surface area contributed by atoms with Crippen LogP contribution >= 0.6 is 0 Å². The maximum absolute atomic E-state index is 12.8. The molecular weight excluding hydrogens is 447 g/mol. The second-order valence-electron chi connectivity index (χ2n) is 9.41. The minimum atomic E-state index is -4.20. The molecule has 0 saturated carbocycles. The number of alkyl halides is 3. The van der Waals surface area contributed by atoms with Crippen molar-refractivity contribution in [3.63, 3.8) is 0 Å². The molecule has 2 aliphatic heterocycles. The number of hydrogen-bond donors (Lipinski definition) is 2. The van der Waals surface area contributed by atoms with Gasteiger partial charge in [0.25, 0.3) is 5.91 Å². The molecule has 0 spiro atoms. The second-order valence-corrected chi connectivity index (χ2v) is 9.41. The van der Waals surface area contributed by atoms with Crippen LogP contribution in [0.4, 0.5) is 13.2 Å². The van der Waals surface area contributed by atoms with Crippen LogP contribution in [-0.2, 0) is 4.79 Å². The number of imidazole rings is 1. The molecule has 10 heteroatoms. The van der Waals surface area contributed by atoms with E-state index in [9.17, 15) is 22.8 Å². The van der Waals surface area contributed by atoms with Gasteiger partial charge in [-0.05, 0) is 50.2 Å². The number of piperidine rings is 2. The van der Waals surface area contributed by atoms with Gasteiger partial charge in [0.05, 0.1) is 17.5 Å². The summed E-state index contributed by atoms with van der Waals surface area (Å²) in [4.78, 5) is 31.0. The van der Waals surface area contributed by atoms with E-state index in [1.54, 1.807) is 29.6 Å². The van der Waals surface area contributed by atoms with Gasteiger partial charge < -0.3 is 19.9 Å². The largest absolute Gasteiger partial charge is 0.393 e. The van der Waals surface area contributed by atoms with Crippen LogP contribution in [0.5, 0.6) is 0 Å². The van der Waals surface area contributed by atoms with E-state index in [0.29, 0.717) is 31.1 Å². The van der Waals surface area contributed by atoms with E-state index < -0.39 is 18.1 Å². The van der Waals surface area contributed by atoms with E-state index >= 15 is 0 Å². The lowest BCUT2D eigenvalue weighted by atomic mass is 9.90. The maximum Gasteiger partial charge on any atom is 0.393 e. The standard InChI is InChI=1S/C24H32F3N5O2/c25-24(26,27)19-5-6-20(30-15-19)23(34)31-12-8-17(9-13-31)3-1-2-10-29-22(33)18-4-7-21-28-11-14-32(21)16-18/h4,7,11,14,16-17,19-20,30H,1-3,5-6,8-10,12-13,15H2,(H,29,33). The van der Waals surface area contributed by atoms with Crippen molar-refractivity contribution in [2.75, 3.05) is 26.2 Å². The SMILES string of the molecule is O=C(NCCCCC1CCN(C(=O)C2CCC(C(F)(F)F)CN2)CC1)c1ccc2nccn2c1. The molecule has 2 unspecified atom stereocenters. The highest BCUT2D eigenvalue weighted by atomic mass is 19.4. The van der Waals surface area contributed by atoms with Gasteiger partial charge in [-0.3, -0.25) is 9.59 Å². The molecule has 0 radical (unpaired) electrons. The van der Waals surface area contributed by atoms with E-state index in [4.69, 9.17) is 0 Å². The van der Waals surface area contributed by atoms with Crippen LogP contribution in [0.25, 0.3) is 5.65 Å². The van der Waals surface area contributed by atoms with Crippen LogP contribution in [0.3, 0.4) is 0 Å². The van der Waals surface area contributed by atoms with Gasteiger partial charge in [0.1, 0.15) is 5.65 Å². The summed E-state index contributed by atoms with van der Waals surface area (Å²) in [6, 6.07) is 3.09. The third-order valence-electron chi connectivity index (χ3n) is 7.08. The van der Waals surface area contributed by atoms with Crippen molar-refractivity contribution < 1.29 is 22.8 Å². The first-order chi connectivity index (χ1) is 16.3. The van der Waals surface area contributed by atoms with Crippen LogP contribution in [0.15, 0.2) is 30.7 Å². The van der Waals surface area contributed by atoms with Gasteiger partial charge >= 0.3 is 6.18 Å². The fourth-order valence-corrected chi connectivity index (χ4v) is 4.93. The number of carbonyl (C=O) groups is 2. The average Bonchev–Trinajstić information content (AvgIpc) is 3.31. The van der Waals surface area contributed by atoms with Gasteiger partial charge in [-0.1, -0.05) is 12.8 Å². The Balaban J connectivity index is 1.09. The summed E-state index contributed by atoms with van der Waals surface area (Å²) < 4.78 is 40.3. The summed E-state index contributed by atoms with van der Waals surface area (Å²) in [6.07, 6.45) is 6.10. The first-order valence-electron chi connectivity index (χ1n) is 12.1. The van der Waals surface area contributed by atoms with Crippen molar-refractivity contribution in [3.8, 4) is 0 Å². The number of unbranched alkanes of at least 4 members (excludes halogenated alkanes) is 1. The molecule has 0 bridgehead atoms.